The molecule has 0 bridgehead atoms. The van der Waals surface area contributed by atoms with Crippen LogP contribution in [0.15, 0.2) is 18.3 Å². The van der Waals surface area contributed by atoms with Gasteiger partial charge in [-0.3, -0.25) is 9.78 Å². The van der Waals surface area contributed by atoms with Gasteiger partial charge in [0.15, 0.2) is 0 Å². The monoisotopic (exact) mass is 248 g/mol. The Balaban J connectivity index is 1.84. The molecule has 2 rings (SSSR count). The third-order valence-electron chi connectivity index (χ3n) is 3.29. The molecule has 2 heterocycles. The van der Waals surface area contributed by atoms with E-state index in [1.165, 1.54) is 12.8 Å². The van der Waals surface area contributed by atoms with Gasteiger partial charge in [-0.05, 0) is 44.5 Å². The van der Waals surface area contributed by atoms with Gasteiger partial charge in [-0.15, -0.1) is 0 Å². The Labute approximate surface area is 107 Å². The third-order valence-corrected chi connectivity index (χ3v) is 3.29. The first-order chi connectivity index (χ1) is 8.65. The molecular weight excluding hydrogens is 228 g/mol. The summed E-state index contributed by atoms with van der Waals surface area (Å²) in [6.07, 6.45) is 3.93. The maximum absolute atomic E-state index is 11.9. The standard InChI is InChI=1S/C13H20N4O/c1-17-6-2-3-10(9-17)8-16-13(18)12-7-11(14)4-5-15-12/h4-5,7,10H,2-3,6,8-9H2,1H3,(H2,14,15)(H,16,18). The van der Waals surface area contributed by atoms with Crippen LogP contribution in [0, 0.1) is 5.92 Å². The van der Waals surface area contributed by atoms with Crippen LogP contribution < -0.4 is 11.1 Å². The molecular formula is C13H20N4O. The van der Waals surface area contributed by atoms with Gasteiger partial charge in [0, 0.05) is 25.0 Å². The molecule has 0 radical (unpaired) electrons. The van der Waals surface area contributed by atoms with E-state index in [4.69, 9.17) is 5.73 Å². The predicted molar refractivity (Wildman–Crippen MR) is 71.2 cm³/mol. The number of nitrogens with one attached hydrogen (secondary N) is 1. The first-order valence-electron chi connectivity index (χ1n) is 6.33. The topological polar surface area (TPSA) is 71.2 Å². The summed E-state index contributed by atoms with van der Waals surface area (Å²) in [5.41, 5.74) is 6.58. The fraction of sp³-hybridized carbons (Fsp3) is 0.538. The molecule has 1 amide bonds. The molecule has 1 aromatic heterocycles. The second-order valence-corrected chi connectivity index (χ2v) is 4.95. The van der Waals surface area contributed by atoms with Crippen LogP contribution in [0.4, 0.5) is 5.69 Å². The lowest BCUT2D eigenvalue weighted by Crippen LogP contribution is -2.39. The van der Waals surface area contributed by atoms with Crippen molar-refractivity contribution < 1.29 is 4.79 Å². The number of piperidine rings is 1. The molecule has 98 valence electrons. The number of nitrogens with two attached hydrogens (primary N) is 1. The molecule has 1 aromatic rings. The van der Waals surface area contributed by atoms with Gasteiger partial charge >= 0.3 is 0 Å². The van der Waals surface area contributed by atoms with Crippen LogP contribution in [-0.4, -0.2) is 42.5 Å². The second-order valence-electron chi connectivity index (χ2n) is 4.95. The van der Waals surface area contributed by atoms with Crippen molar-refractivity contribution in [1.29, 1.82) is 0 Å². The maximum Gasteiger partial charge on any atom is 0.269 e. The van der Waals surface area contributed by atoms with E-state index in [1.54, 1.807) is 18.3 Å². The smallest absolute Gasteiger partial charge is 0.269 e. The summed E-state index contributed by atoms with van der Waals surface area (Å²) in [6, 6.07) is 3.27. The Bertz CT molecular complexity index is 421. The highest BCUT2D eigenvalue weighted by Crippen LogP contribution is 2.14. The van der Waals surface area contributed by atoms with E-state index in [0.717, 1.165) is 13.1 Å². The Morgan fingerprint density at radius 1 is 1.67 bits per heavy atom. The van der Waals surface area contributed by atoms with Crippen LogP contribution in [0.5, 0.6) is 0 Å². The first-order valence-corrected chi connectivity index (χ1v) is 6.33. The summed E-state index contributed by atoms with van der Waals surface area (Å²) in [6.45, 7) is 2.91. The van der Waals surface area contributed by atoms with Gasteiger partial charge in [0.1, 0.15) is 5.69 Å². The van der Waals surface area contributed by atoms with E-state index in [-0.39, 0.29) is 5.91 Å². The summed E-state index contributed by atoms with van der Waals surface area (Å²) in [5, 5.41) is 2.93. The summed E-state index contributed by atoms with van der Waals surface area (Å²) in [7, 11) is 2.12. The number of nitrogen functional groups attached to an aromatic ring is 1. The number of hydrogen-bond donors (Lipinski definition) is 2. The summed E-state index contributed by atoms with van der Waals surface area (Å²) in [5.74, 6) is 0.393. The first kappa shape index (κ1) is 12.8. The molecule has 18 heavy (non-hydrogen) atoms. The SMILES string of the molecule is CN1CCCC(CNC(=O)c2cc(N)ccn2)C1. The summed E-state index contributed by atoms with van der Waals surface area (Å²) >= 11 is 0. The van der Waals surface area contributed by atoms with E-state index in [0.29, 0.717) is 23.8 Å². The van der Waals surface area contributed by atoms with Crippen LogP contribution in [-0.2, 0) is 0 Å². The van der Waals surface area contributed by atoms with Gasteiger partial charge in [-0.25, -0.2) is 0 Å². The number of carbonyl (C=O) groups is 1. The normalized spacial score (nSPS) is 20.6. The van der Waals surface area contributed by atoms with Crippen molar-refractivity contribution in [2.75, 3.05) is 32.4 Å². The summed E-state index contributed by atoms with van der Waals surface area (Å²) in [4.78, 5) is 18.2. The van der Waals surface area contributed by atoms with Gasteiger partial charge in [0.05, 0.1) is 0 Å². The molecule has 1 fully saturated rings. The van der Waals surface area contributed by atoms with Crippen molar-refractivity contribution >= 4 is 11.6 Å². The number of amides is 1. The average Bonchev–Trinajstić information content (AvgIpc) is 2.36. The molecule has 1 unspecified atom stereocenters. The zero-order chi connectivity index (χ0) is 13.0. The number of nitrogens with zero attached hydrogens (tertiary/aromatic N) is 2. The lowest BCUT2D eigenvalue weighted by atomic mass is 9.98. The molecule has 0 saturated carbocycles. The Morgan fingerprint density at radius 2 is 2.50 bits per heavy atom. The van der Waals surface area contributed by atoms with Crippen LogP contribution in [0.2, 0.25) is 0 Å². The zero-order valence-electron chi connectivity index (χ0n) is 10.7. The van der Waals surface area contributed by atoms with Crippen molar-refractivity contribution in [3.05, 3.63) is 24.0 Å². The van der Waals surface area contributed by atoms with E-state index < -0.39 is 0 Å². The third kappa shape index (κ3) is 3.43. The average molecular weight is 248 g/mol. The second kappa shape index (κ2) is 5.82. The molecule has 1 aliphatic rings. The zero-order valence-corrected chi connectivity index (χ0v) is 10.7. The quantitative estimate of drug-likeness (QED) is 0.827. The molecule has 1 saturated heterocycles. The molecule has 0 aliphatic carbocycles. The highest BCUT2D eigenvalue weighted by atomic mass is 16.1. The van der Waals surface area contributed by atoms with Crippen LogP contribution in [0.25, 0.3) is 0 Å². The molecule has 0 spiro atoms. The Morgan fingerprint density at radius 3 is 3.22 bits per heavy atom. The number of hydrogen-bond acceptors (Lipinski definition) is 4. The molecule has 1 atom stereocenters. The van der Waals surface area contributed by atoms with Crippen molar-refractivity contribution in [1.82, 2.24) is 15.2 Å². The van der Waals surface area contributed by atoms with Crippen LogP contribution in [0.1, 0.15) is 23.3 Å². The lowest BCUT2D eigenvalue weighted by molar-refractivity contribution is 0.0932. The largest absolute Gasteiger partial charge is 0.399 e. The van der Waals surface area contributed by atoms with E-state index >= 15 is 0 Å². The van der Waals surface area contributed by atoms with Crippen molar-refractivity contribution in [3.8, 4) is 0 Å². The Kier molecular flexibility index (Phi) is 4.15. The fourth-order valence-electron chi connectivity index (χ4n) is 2.34. The summed E-state index contributed by atoms with van der Waals surface area (Å²) < 4.78 is 0. The molecule has 0 aromatic carbocycles. The molecule has 1 aliphatic heterocycles. The van der Waals surface area contributed by atoms with Gasteiger partial charge in [0.25, 0.3) is 5.91 Å². The number of rotatable bonds is 3. The minimum atomic E-state index is -0.143. The van der Waals surface area contributed by atoms with E-state index in [9.17, 15) is 4.79 Å². The highest BCUT2D eigenvalue weighted by Gasteiger charge is 2.18. The van der Waals surface area contributed by atoms with Gasteiger partial charge < -0.3 is 16.0 Å². The fourth-order valence-corrected chi connectivity index (χ4v) is 2.34. The van der Waals surface area contributed by atoms with Gasteiger partial charge in [-0.1, -0.05) is 0 Å². The molecule has 3 N–H and O–H groups in total. The van der Waals surface area contributed by atoms with E-state index in [1.807, 2.05) is 0 Å². The van der Waals surface area contributed by atoms with E-state index in [2.05, 4.69) is 22.2 Å². The number of carbonyl (C=O) groups excluding carboxylic acids is 1. The Hall–Kier alpha value is -1.62. The predicted octanol–water partition coefficient (Wildman–Crippen LogP) is 0.735. The van der Waals surface area contributed by atoms with Crippen molar-refractivity contribution in [2.24, 2.45) is 5.92 Å². The minimum absolute atomic E-state index is 0.143. The maximum atomic E-state index is 11.9. The number of anilines is 1. The van der Waals surface area contributed by atoms with Crippen LogP contribution in [0.3, 0.4) is 0 Å². The molecule has 5 nitrogen and oxygen atoms in total. The van der Waals surface area contributed by atoms with Crippen LogP contribution >= 0.6 is 0 Å². The van der Waals surface area contributed by atoms with Crippen molar-refractivity contribution in [2.45, 2.75) is 12.8 Å². The van der Waals surface area contributed by atoms with Gasteiger partial charge in [0.2, 0.25) is 0 Å². The van der Waals surface area contributed by atoms with Gasteiger partial charge in [-0.2, -0.15) is 0 Å². The number of aromatic nitrogens is 1. The molecule has 5 heteroatoms. The lowest BCUT2D eigenvalue weighted by Gasteiger charge is -2.29. The number of pyridine rings is 1. The highest BCUT2D eigenvalue weighted by molar-refractivity contribution is 5.92. The van der Waals surface area contributed by atoms with Crippen molar-refractivity contribution in [3.63, 3.8) is 0 Å². The number of likely N-dealkylation sites (tertiary alicyclic amines) is 1. The minimum Gasteiger partial charge on any atom is -0.399 e.